The molecule has 0 spiro atoms. The average molecular weight is 334 g/mol. The molecule has 0 aliphatic heterocycles. The molecule has 18 heavy (non-hydrogen) atoms. The van der Waals surface area contributed by atoms with Crippen LogP contribution in [-0.4, -0.2) is 23.8 Å². The van der Waals surface area contributed by atoms with Crippen molar-refractivity contribution < 1.29 is 14.3 Å². The fraction of sp³-hybridized carbons (Fsp3) is 0.500. The molecule has 0 unspecified atom stereocenters. The molecule has 0 saturated heterocycles. The number of hydrogen-bond acceptors (Lipinski definition) is 4. The van der Waals surface area contributed by atoms with Gasteiger partial charge >= 0.3 is 5.97 Å². The summed E-state index contributed by atoms with van der Waals surface area (Å²) in [6, 6.07) is 0. The third kappa shape index (κ3) is 3.55. The minimum Gasteiger partial charge on any atom is -0.462 e. The van der Waals surface area contributed by atoms with Crippen molar-refractivity contribution in [3.8, 4) is 0 Å². The van der Waals surface area contributed by atoms with Gasteiger partial charge in [0.05, 0.1) is 12.2 Å². The Kier molecular flexibility index (Phi) is 5.81. The number of ether oxygens (including phenoxy) is 1. The number of halogens is 1. The number of aryl methyl sites for hydroxylation is 1. The summed E-state index contributed by atoms with van der Waals surface area (Å²) in [6.45, 7) is 5.86. The van der Waals surface area contributed by atoms with Crippen molar-refractivity contribution in [1.29, 1.82) is 0 Å². The molecule has 4 nitrogen and oxygen atoms in total. The molecular weight excluding hydrogens is 318 g/mol. The predicted octanol–water partition coefficient (Wildman–Crippen LogP) is 3.27. The van der Waals surface area contributed by atoms with Gasteiger partial charge in [-0.05, 0) is 26.3 Å². The lowest BCUT2D eigenvalue weighted by molar-refractivity contribution is -0.115. The fourth-order valence-electron chi connectivity index (χ4n) is 1.44. The molecule has 0 radical (unpaired) electrons. The Bertz CT molecular complexity index is 456. The molecule has 0 fully saturated rings. The monoisotopic (exact) mass is 333 g/mol. The molecule has 0 atom stereocenters. The number of nitrogens with one attached hydrogen (secondary N) is 1. The summed E-state index contributed by atoms with van der Waals surface area (Å²) in [7, 11) is 0. The molecule has 0 aliphatic carbocycles. The van der Waals surface area contributed by atoms with Gasteiger partial charge in [-0.3, -0.25) is 4.79 Å². The van der Waals surface area contributed by atoms with Crippen LogP contribution in [0.2, 0.25) is 0 Å². The van der Waals surface area contributed by atoms with Gasteiger partial charge in [-0.15, -0.1) is 11.3 Å². The zero-order valence-electron chi connectivity index (χ0n) is 10.6. The van der Waals surface area contributed by atoms with Crippen molar-refractivity contribution in [2.75, 3.05) is 17.3 Å². The number of carbonyl (C=O) groups is 2. The number of carbonyl (C=O) groups excluding carboxylic acids is 2. The van der Waals surface area contributed by atoms with E-state index >= 15 is 0 Å². The van der Waals surface area contributed by atoms with E-state index in [-0.39, 0.29) is 11.9 Å². The summed E-state index contributed by atoms with van der Waals surface area (Å²) in [5.41, 5.74) is 1.34. The fourth-order valence-corrected chi connectivity index (χ4v) is 2.86. The van der Waals surface area contributed by atoms with Crippen LogP contribution in [0.3, 0.4) is 0 Å². The molecule has 1 aromatic rings. The van der Waals surface area contributed by atoms with Crippen molar-refractivity contribution in [1.82, 2.24) is 0 Å². The molecule has 100 valence electrons. The molecule has 6 heteroatoms. The Morgan fingerprint density at radius 3 is 2.61 bits per heavy atom. The first-order chi connectivity index (χ1) is 8.51. The largest absolute Gasteiger partial charge is 0.462 e. The van der Waals surface area contributed by atoms with E-state index in [1.54, 1.807) is 6.92 Å². The van der Waals surface area contributed by atoms with E-state index in [0.717, 1.165) is 10.4 Å². The lowest BCUT2D eigenvalue weighted by atomic mass is 10.1. The Labute approximate surface area is 119 Å². The second kappa shape index (κ2) is 6.89. The minimum atomic E-state index is -0.381. The van der Waals surface area contributed by atoms with Crippen molar-refractivity contribution in [3.63, 3.8) is 0 Å². The van der Waals surface area contributed by atoms with Crippen LogP contribution in [0.4, 0.5) is 5.00 Å². The molecule has 1 N–H and O–H groups in total. The first-order valence-electron chi connectivity index (χ1n) is 5.64. The van der Waals surface area contributed by atoms with Crippen LogP contribution in [0.15, 0.2) is 0 Å². The number of amides is 1. The second-order valence-corrected chi connectivity index (χ2v) is 5.71. The smallest absolute Gasteiger partial charge is 0.341 e. The van der Waals surface area contributed by atoms with Gasteiger partial charge < -0.3 is 10.1 Å². The van der Waals surface area contributed by atoms with Crippen molar-refractivity contribution in [2.45, 2.75) is 27.2 Å². The second-order valence-electron chi connectivity index (χ2n) is 3.70. The lowest BCUT2D eigenvalue weighted by Gasteiger charge is -2.06. The highest BCUT2D eigenvalue weighted by Gasteiger charge is 2.21. The van der Waals surface area contributed by atoms with Gasteiger partial charge in [0.25, 0.3) is 0 Å². The van der Waals surface area contributed by atoms with Crippen LogP contribution >= 0.6 is 27.3 Å². The van der Waals surface area contributed by atoms with Crippen molar-refractivity contribution >= 4 is 44.1 Å². The molecule has 1 aromatic heterocycles. The third-order valence-corrected chi connectivity index (χ3v) is 3.96. The SMILES string of the molecule is CCOC(=O)c1c(NC(=O)CCBr)sc(C)c1C. The van der Waals surface area contributed by atoms with Crippen LogP contribution in [0, 0.1) is 13.8 Å². The number of thiophene rings is 1. The van der Waals surface area contributed by atoms with Gasteiger partial charge in [0.2, 0.25) is 5.91 Å². The quantitative estimate of drug-likeness (QED) is 0.664. The van der Waals surface area contributed by atoms with Crippen LogP contribution in [0.25, 0.3) is 0 Å². The van der Waals surface area contributed by atoms with Crippen LogP contribution in [-0.2, 0) is 9.53 Å². The van der Waals surface area contributed by atoms with Crippen LogP contribution < -0.4 is 5.32 Å². The van der Waals surface area contributed by atoms with E-state index in [9.17, 15) is 9.59 Å². The van der Waals surface area contributed by atoms with E-state index in [1.165, 1.54) is 11.3 Å². The first-order valence-corrected chi connectivity index (χ1v) is 7.58. The van der Waals surface area contributed by atoms with Crippen LogP contribution in [0.5, 0.6) is 0 Å². The zero-order valence-corrected chi connectivity index (χ0v) is 13.0. The molecule has 0 saturated carbocycles. The highest BCUT2D eigenvalue weighted by atomic mass is 79.9. The van der Waals surface area contributed by atoms with E-state index < -0.39 is 0 Å². The molecule has 0 aliphatic rings. The summed E-state index contributed by atoms with van der Waals surface area (Å²) in [5.74, 6) is -0.493. The summed E-state index contributed by atoms with van der Waals surface area (Å²) >= 11 is 4.61. The number of esters is 1. The standard InChI is InChI=1S/C12H16BrNO3S/c1-4-17-12(16)10-7(2)8(3)18-11(10)14-9(15)5-6-13/h4-6H2,1-3H3,(H,14,15). The van der Waals surface area contributed by atoms with Gasteiger partial charge in [0.15, 0.2) is 0 Å². The normalized spacial score (nSPS) is 10.2. The summed E-state index contributed by atoms with van der Waals surface area (Å²) in [4.78, 5) is 24.4. The number of hydrogen-bond donors (Lipinski definition) is 1. The summed E-state index contributed by atoms with van der Waals surface area (Å²) in [6.07, 6.45) is 0.373. The van der Waals surface area contributed by atoms with Gasteiger partial charge in [-0.2, -0.15) is 0 Å². The van der Waals surface area contributed by atoms with Gasteiger partial charge in [-0.1, -0.05) is 15.9 Å². The molecule has 0 aromatic carbocycles. The zero-order chi connectivity index (χ0) is 13.7. The molecule has 1 amide bonds. The number of rotatable bonds is 5. The average Bonchev–Trinajstić information content (AvgIpc) is 2.55. The van der Waals surface area contributed by atoms with E-state index in [0.29, 0.717) is 28.9 Å². The highest BCUT2D eigenvalue weighted by Crippen LogP contribution is 2.33. The third-order valence-electron chi connectivity index (χ3n) is 2.44. The minimum absolute atomic E-state index is 0.112. The van der Waals surface area contributed by atoms with Gasteiger partial charge in [0.1, 0.15) is 5.00 Å². The first kappa shape index (κ1) is 15.2. The lowest BCUT2D eigenvalue weighted by Crippen LogP contribution is -2.14. The Morgan fingerprint density at radius 1 is 1.39 bits per heavy atom. The topological polar surface area (TPSA) is 55.4 Å². The summed E-state index contributed by atoms with van der Waals surface area (Å²) in [5, 5.41) is 3.93. The number of alkyl halides is 1. The number of anilines is 1. The maximum Gasteiger partial charge on any atom is 0.341 e. The van der Waals surface area contributed by atoms with Crippen LogP contribution in [0.1, 0.15) is 34.1 Å². The molecule has 0 bridgehead atoms. The summed E-state index contributed by atoms with van der Waals surface area (Å²) < 4.78 is 5.01. The highest BCUT2D eigenvalue weighted by molar-refractivity contribution is 9.09. The van der Waals surface area contributed by atoms with E-state index in [1.807, 2.05) is 13.8 Å². The maximum atomic E-state index is 11.9. The van der Waals surface area contributed by atoms with Gasteiger partial charge in [-0.25, -0.2) is 4.79 Å². The van der Waals surface area contributed by atoms with Crippen molar-refractivity contribution in [3.05, 3.63) is 16.0 Å². The molecular formula is C12H16BrNO3S. The van der Waals surface area contributed by atoms with Gasteiger partial charge in [0, 0.05) is 16.6 Å². The van der Waals surface area contributed by atoms with Crippen molar-refractivity contribution in [2.24, 2.45) is 0 Å². The van der Waals surface area contributed by atoms with E-state index in [2.05, 4.69) is 21.2 Å². The Morgan fingerprint density at radius 2 is 2.06 bits per heavy atom. The van der Waals surface area contributed by atoms with E-state index in [4.69, 9.17) is 4.74 Å². The maximum absolute atomic E-state index is 11.9. The Hall–Kier alpha value is -0.880. The molecule has 1 rings (SSSR count). The Balaban J connectivity index is 3.00. The molecule has 1 heterocycles. The predicted molar refractivity (Wildman–Crippen MR) is 76.8 cm³/mol.